The molecule has 7 heteroatoms. The van der Waals surface area contributed by atoms with Crippen LogP contribution in [0.15, 0.2) is 66.9 Å². The Bertz CT molecular complexity index is 1270. The van der Waals surface area contributed by atoms with Crippen molar-refractivity contribution >= 4 is 28.4 Å². The predicted molar refractivity (Wildman–Crippen MR) is 121 cm³/mol. The molecule has 162 valence electrons. The minimum Gasteiger partial charge on any atom is -0.368 e. The van der Waals surface area contributed by atoms with Gasteiger partial charge in [0.05, 0.1) is 18.8 Å². The van der Waals surface area contributed by atoms with E-state index in [9.17, 15) is 9.18 Å². The molecule has 1 aliphatic heterocycles. The van der Waals surface area contributed by atoms with E-state index in [4.69, 9.17) is 16.3 Å². The van der Waals surface area contributed by atoms with Gasteiger partial charge in [0.2, 0.25) is 0 Å². The van der Waals surface area contributed by atoms with E-state index in [2.05, 4.69) is 9.97 Å². The summed E-state index contributed by atoms with van der Waals surface area (Å²) >= 11 is 6.26. The van der Waals surface area contributed by atoms with E-state index < -0.39 is 0 Å². The highest BCUT2D eigenvalue weighted by Crippen LogP contribution is 2.25. The summed E-state index contributed by atoms with van der Waals surface area (Å²) in [4.78, 5) is 22.4. The number of halogens is 2. The van der Waals surface area contributed by atoms with Crippen molar-refractivity contribution in [3.8, 4) is 0 Å². The van der Waals surface area contributed by atoms with Crippen molar-refractivity contribution in [3.63, 3.8) is 0 Å². The maximum atomic E-state index is 13.5. The van der Waals surface area contributed by atoms with Gasteiger partial charge in [-0.05, 0) is 47.5 Å². The van der Waals surface area contributed by atoms with Gasteiger partial charge in [-0.15, -0.1) is 0 Å². The number of H-pyrrole nitrogens is 1. The molecular weight excluding hydrogens is 429 g/mol. The van der Waals surface area contributed by atoms with E-state index in [1.165, 1.54) is 12.1 Å². The molecule has 3 heterocycles. The molecule has 0 bridgehead atoms. The first-order valence-corrected chi connectivity index (χ1v) is 10.8. The molecule has 1 fully saturated rings. The van der Waals surface area contributed by atoms with Gasteiger partial charge in [-0.1, -0.05) is 35.9 Å². The molecule has 32 heavy (non-hydrogen) atoms. The number of aromatic nitrogens is 2. The van der Waals surface area contributed by atoms with Crippen LogP contribution >= 0.6 is 11.6 Å². The first-order valence-electron chi connectivity index (χ1n) is 10.4. The second-order valence-electron chi connectivity index (χ2n) is 7.88. The fourth-order valence-corrected chi connectivity index (χ4v) is 4.19. The number of rotatable bonds is 4. The Kier molecular flexibility index (Phi) is 5.64. The summed E-state index contributed by atoms with van der Waals surface area (Å²) < 4.78 is 19.4. The maximum Gasteiger partial charge on any atom is 0.270 e. The van der Waals surface area contributed by atoms with Crippen molar-refractivity contribution in [1.82, 2.24) is 14.9 Å². The largest absolute Gasteiger partial charge is 0.368 e. The normalized spacial score (nSPS) is 16.4. The lowest BCUT2D eigenvalue weighted by molar-refractivity contribution is -0.0249. The Hall–Kier alpha value is -3.22. The summed E-state index contributed by atoms with van der Waals surface area (Å²) in [6, 6.07) is 17.9. The topological polar surface area (TPSA) is 58.2 Å². The number of benzene rings is 2. The summed E-state index contributed by atoms with van der Waals surface area (Å²) in [6.45, 7) is 1.32. The number of carbonyl (C=O) groups is 1. The minimum absolute atomic E-state index is 0.134. The van der Waals surface area contributed by atoms with Gasteiger partial charge < -0.3 is 14.6 Å². The monoisotopic (exact) mass is 449 g/mol. The lowest BCUT2D eigenvalue weighted by atomic mass is 10.1. The number of amides is 1. The summed E-state index contributed by atoms with van der Waals surface area (Å²) in [5.74, 6) is -0.473. The zero-order valence-electron chi connectivity index (χ0n) is 17.2. The van der Waals surface area contributed by atoms with Crippen LogP contribution in [-0.4, -0.2) is 40.5 Å². The Morgan fingerprint density at radius 3 is 2.88 bits per heavy atom. The minimum atomic E-state index is -0.339. The smallest absolute Gasteiger partial charge is 0.270 e. The van der Waals surface area contributed by atoms with Crippen LogP contribution in [0.2, 0.25) is 5.02 Å². The highest BCUT2D eigenvalue weighted by atomic mass is 35.5. The molecule has 0 saturated carbocycles. The van der Waals surface area contributed by atoms with Crippen molar-refractivity contribution in [2.24, 2.45) is 0 Å². The predicted octanol–water partition coefficient (Wildman–Crippen LogP) is 5.16. The second kappa shape index (κ2) is 8.73. The molecule has 1 aliphatic rings. The van der Waals surface area contributed by atoms with Crippen LogP contribution < -0.4 is 0 Å². The summed E-state index contributed by atoms with van der Waals surface area (Å²) in [7, 11) is 0. The molecule has 1 amide bonds. The van der Waals surface area contributed by atoms with Gasteiger partial charge in [-0.3, -0.25) is 9.78 Å². The average Bonchev–Trinajstić information content (AvgIpc) is 3.24. The number of nitrogens with zero attached hydrogens (tertiary/aromatic N) is 2. The van der Waals surface area contributed by atoms with Gasteiger partial charge in [0.1, 0.15) is 17.6 Å². The van der Waals surface area contributed by atoms with Crippen LogP contribution in [0.4, 0.5) is 4.39 Å². The first-order chi connectivity index (χ1) is 15.6. The third-order valence-electron chi connectivity index (χ3n) is 5.70. The molecule has 5 rings (SSSR count). The highest BCUT2D eigenvalue weighted by molar-refractivity contribution is 6.31. The molecule has 1 saturated heterocycles. The summed E-state index contributed by atoms with van der Waals surface area (Å²) in [5.41, 5.74) is 3.93. The molecule has 1 atom stereocenters. The fourth-order valence-electron chi connectivity index (χ4n) is 3.99. The van der Waals surface area contributed by atoms with Gasteiger partial charge in [0, 0.05) is 35.1 Å². The van der Waals surface area contributed by atoms with Crippen LogP contribution in [0.25, 0.3) is 10.9 Å². The van der Waals surface area contributed by atoms with Crippen LogP contribution in [0.5, 0.6) is 0 Å². The molecule has 0 aliphatic carbocycles. The number of hydrogen-bond donors (Lipinski definition) is 1. The molecule has 4 aromatic rings. The van der Waals surface area contributed by atoms with Crippen LogP contribution in [-0.2, 0) is 11.2 Å². The highest BCUT2D eigenvalue weighted by Gasteiger charge is 2.27. The third kappa shape index (κ3) is 4.24. The third-order valence-corrected chi connectivity index (χ3v) is 6.07. The van der Waals surface area contributed by atoms with Gasteiger partial charge in [-0.2, -0.15) is 0 Å². The molecular formula is C25H21ClFN3O2. The lowest BCUT2D eigenvalue weighted by Gasteiger charge is -2.32. The van der Waals surface area contributed by atoms with Crippen molar-refractivity contribution in [3.05, 3.63) is 100 Å². The summed E-state index contributed by atoms with van der Waals surface area (Å²) in [6.07, 6.45) is 2.22. The Morgan fingerprint density at radius 2 is 2.06 bits per heavy atom. The average molecular weight is 450 g/mol. The van der Waals surface area contributed by atoms with E-state index in [1.54, 1.807) is 17.0 Å². The number of aromatic amines is 1. The molecule has 1 N–H and O–H groups in total. The second-order valence-corrected chi connectivity index (χ2v) is 8.29. The van der Waals surface area contributed by atoms with Crippen LogP contribution in [0.1, 0.15) is 33.4 Å². The summed E-state index contributed by atoms with van der Waals surface area (Å²) in [5, 5.41) is 1.54. The van der Waals surface area contributed by atoms with Crippen molar-refractivity contribution in [2.75, 3.05) is 19.7 Å². The maximum absolute atomic E-state index is 13.5. The van der Waals surface area contributed by atoms with E-state index in [-0.39, 0.29) is 17.8 Å². The quantitative estimate of drug-likeness (QED) is 0.468. The molecule has 5 nitrogen and oxygen atoms in total. The van der Waals surface area contributed by atoms with Crippen LogP contribution in [0.3, 0.4) is 0 Å². The molecule has 0 spiro atoms. The van der Waals surface area contributed by atoms with Crippen molar-refractivity contribution < 1.29 is 13.9 Å². The lowest BCUT2D eigenvalue weighted by Crippen LogP contribution is -2.42. The zero-order valence-corrected chi connectivity index (χ0v) is 18.0. The standard InChI is InChI=1S/C25H21ClFN3O2/c26-20-4-2-1-3-17(20)11-16-5-8-21(28-14-16)24-15-30(9-10-32-24)25(31)23-12-18-6-7-19(27)13-22(18)29-23/h1-8,12-14,24,29H,9-11,15H2. The van der Waals surface area contributed by atoms with Crippen LogP contribution in [0, 0.1) is 5.82 Å². The van der Waals surface area contributed by atoms with E-state index in [0.29, 0.717) is 37.3 Å². The molecule has 0 radical (unpaired) electrons. The number of nitrogens with one attached hydrogen (secondary N) is 1. The zero-order chi connectivity index (χ0) is 22.1. The van der Waals surface area contributed by atoms with E-state index >= 15 is 0 Å². The number of ether oxygens (including phenoxy) is 1. The Balaban J connectivity index is 1.29. The number of pyridine rings is 1. The van der Waals surface area contributed by atoms with Gasteiger partial charge in [0.25, 0.3) is 5.91 Å². The van der Waals surface area contributed by atoms with Crippen molar-refractivity contribution in [2.45, 2.75) is 12.5 Å². The molecule has 2 aromatic carbocycles. The molecule has 1 unspecified atom stereocenters. The van der Waals surface area contributed by atoms with Crippen molar-refractivity contribution in [1.29, 1.82) is 0 Å². The van der Waals surface area contributed by atoms with Gasteiger partial charge >= 0.3 is 0 Å². The first kappa shape index (κ1) is 20.7. The molecule has 2 aromatic heterocycles. The van der Waals surface area contributed by atoms with Gasteiger partial charge in [-0.25, -0.2) is 4.39 Å². The SMILES string of the molecule is O=C(c1cc2ccc(F)cc2[nH]1)N1CCOC(c2ccc(Cc3ccccc3Cl)cn2)C1. The number of carbonyl (C=O) groups excluding carboxylic acids is 1. The van der Waals surface area contributed by atoms with E-state index in [1.807, 2.05) is 42.6 Å². The fraction of sp³-hybridized carbons (Fsp3) is 0.200. The van der Waals surface area contributed by atoms with Gasteiger partial charge in [0.15, 0.2) is 0 Å². The van der Waals surface area contributed by atoms with E-state index in [0.717, 1.165) is 27.2 Å². The Morgan fingerprint density at radius 1 is 1.19 bits per heavy atom. The number of morpholine rings is 1. The Labute approximate surface area is 189 Å². The number of fused-ring (bicyclic) bond motifs is 1. The number of hydrogen-bond acceptors (Lipinski definition) is 3.